The van der Waals surface area contributed by atoms with Crippen LogP contribution >= 0.6 is 0 Å². The fourth-order valence-electron chi connectivity index (χ4n) is 2.59. The Morgan fingerprint density at radius 1 is 1.12 bits per heavy atom. The summed E-state index contributed by atoms with van der Waals surface area (Å²) in [5.41, 5.74) is 6.94. The number of anilines is 1. The highest BCUT2D eigenvalue weighted by atomic mass is 19.1. The van der Waals surface area contributed by atoms with Gasteiger partial charge in [0.2, 0.25) is 11.8 Å². The zero-order valence-electron chi connectivity index (χ0n) is 14.6. The summed E-state index contributed by atoms with van der Waals surface area (Å²) in [6, 6.07) is 11.4. The van der Waals surface area contributed by atoms with E-state index in [2.05, 4.69) is 5.32 Å². The van der Waals surface area contributed by atoms with Crippen LogP contribution in [0.2, 0.25) is 0 Å². The molecule has 0 heterocycles. The largest absolute Gasteiger partial charge is 0.336 e. The van der Waals surface area contributed by atoms with Gasteiger partial charge in [0.15, 0.2) is 0 Å². The molecule has 0 saturated heterocycles. The first kappa shape index (κ1) is 19.5. The standard InChI is InChI=1S/C19H21F2N3O2/c1-12(18(22)13-6-4-3-5-7-13)19(26)24(2)11-17(25)23-16-9-14(20)8-15(21)10-16/h3-10,12,18H,11,22H2,1-2H3,(H,23,25). The van der Waals surface area contributed by atoms with Crippen LogP contribution in [0.25, 0.3) is 0 Å². The van der Waals surface area contributed by atoms with Crippen molar-refractivity contribution >= 4 is 17.5 Å². The summed E-state index contributed by atoms with van der Waals surface area (Å²) in [7, 11) is 1.47. The normalized spacial score (nSPS) is 13.0. The zero-order valence-corrected chi connectivity index (χ0v) is 14.6. The number of hydrogen-bond donors (Lipinski definition) is 2. The lowest BCUT2D eigenvalue weighted by molar-refractivity contribution is -0.137. The van der Waals surface area contributed by atoms with Gasteiger partial charge in [0.05, 0.1) is 12.5 Å². The Labute approximate surface area is 150 Å². The number of carbonyl (C=O) groups is 2. The van der Waals surface area contributed by atoms with Gasteiger partial charge in [-0.05, 0) is 17.7 Å². The monoisotopic (exact) mass is 361 g/mol. The number of halogens is 2. The van der Waals surface area contributed by atoms with Crippen LogP contribution in [0.5, 0.6) is 0 Å². The molecule has 0 spiro atoms. The molecule has 2 rings (SSSR count). The average Bonchev–Trinajstić information content (AvgIpc) is 2.59. The molecule has 0 saturated carbocycles. The van der Waals surface area contributed by atoms with Crippen LogP contribution in [0, 0.1) is 17.6 Å². The van der Waals surface area contributed by atoms with E-state index in [9.17, 15) is 18.4 Å². The van der Waals surface area contributed by atoms with Crippen LogP contribution in [0.4, 0.5) is 14.5 Å². The Balaban J connectivity index is 1.96. The molecule has 2 amide bonds. The first-order valence-electron chi connectivity index (χ1n) is 8.09. The maximum Gasteiger partial charge on any atom is 0.243 e. The molecule has 2 atom stereocenters. The highest BCUT2D eigenvalue weighted by Gasteiger charge is 2.26. The number of amides is 2. The van der Waals surface area contributed by atoms with Crippen molar-refractivity contribution in [2.24, 2.45) is 11.7 Å². The Morgan fingerprint density at radius 2 is 1.69 bits per heavy atom. The quantitative estimate of drug-likeness (QED) is 0.831. The average molecular weight is 361 g/mol. The molecule has 0 fully saturated rings. The van der Waals surface area contributed by atoms with Crippen LogP contribution in [-0.2, 0) is 9.59 Å². The van der Waals surface area contributed by atoms with Crippen LogP contribution in [0.15, 0.2) is 48.5 Å². The second kappa shape index (κ2) is 8.53. The van der Waals surface area contributed by atoms with E-state index in [1.807, 2.05) is 30.3 Å². The summed E-state index contributed by atoms with van der Waals surface area (Å²) in [5.74, 6) is -3.01. The Hall–Kier alpha value is -2.80. The molecule has 2 aromatic rings. The maximum atomic E-state index is 13.2. The van der Waals surface area contributed by atoms with E-state index in [-0.39, 0.29) is 18.1 Å². The van der Waals surface area contributed by atoms with Crippen molar-refractivity contribution in [3.8, 4) is 0 Å². The topological polar surface area (TPSA) is 75.4 Å². The van der Waals surface area contributed by atoms with Gasteiger partial charge in [-0.2, -0.15) is 0 Å². The highest BCUT2D eigenvalue weighted by Crippen LogP contribution is 2.20. The number of nitrogens with one attached hydrogen (secondary N) is 1. The molecule has 3 N–H and O–H groups in total. The molecule has 0 aliphatic carbocycles. The summed E-state index contributed by atoms with van der Waals surface area (Å²) in [6.07, 6.45) is 0. The van der Waals surface area contributed by atoms with Gasteiger partial charge in [0.25, 0.3) is 0 Å². The number of likely N-dealkylation sites (N-methyl/N-ethyl adjacent to an activating group) is 1. The summed E-state index contributed by atoms with van der Waals surface area (Å²) < 4.78 is 26.3. The molecule has 26 heavy (non-hydrogen) atoms. The zero-order chi connectivity index (χ0) is 19.3. The minimum absolute atomic E-state index is 0.0117. The first-order valence-corrected chi connectivity index (χ1v) is 8.09. The van der Waals surface area contributed by atoms with Gasteiger partial charge >= 0.3 is 0 Å². The Morgan fingerprint density at radius 3 is 2.27 bits per heavy atom. The summed E-state index contributed by atoms with van der Waals surface area (Å²) in [4.78, 5) is 25.8. The summed E-state index contributed by atoms with van der Waals surface area (Å²) in [5, 5.41) is 2.37. The predicted molar refractivity (Wildman–Crippen MR) is 95.2 cm³/mol. The van der Waals surface area contributed by atoms with E-state index in [1.165, 1.54) is 11.9 Å². The van der Waals surface area contributed by atoms with Crippen molar-refractivity contribution in [3.05, 3.63) is 65.7 Å². The molecular formula is C19H21F2N3O2. The van der Waals surface area contributed by atoms with E-state index >= 15 is 0 Å². The van der Waals surface area contributed by atoms with Crippen molar-refractivity contribution in [1.29, 1.82) is 0 Å². The van der Waals surface area contributed by atoms with Gasteiger partial charge in [-0.25, -0.2) is 8.78 Å². The maximum absolute atomic E-state index is 13.2. The van der Waals surface area contributed by atoms with Gasteiger partial charge in [-0.15, -0.1) is 0 Å². The number of benzene rings is 2. The van der Waals surface area contributed by atoms with Crippen molar-refractivity contribution in [2.75, 3.05) is 18.9 Å². The minimum atomic E-state index is -0.799. The number of nitrogens with two attached hydrogens (primary N) is 1. The fraction of sp³-hybridized carbons (Fsp3) is 0.263. The lowest BCUT2D eigenvalue weighted by Gasteiger charge is -2.25. The second-order valence-corrected chi connectivity index (χ2v) is 6.13. The third-order valence-electron chi connectivity index (χ3n) is 4.02. The van der Waals surface area contributed by atoms with Crippen molar-refractivity contribution < 1.29 is 18.4 Å². The van der Waals surface area contributed by atoms with Crippen molar-refractivity contribution in [2.45, 2.75) is 13.0 Å². The second-order valence-electron chi connectivity index (χ2n) is 6.13. The van der Waals surface area contributed by atoms with Crippen molar-refractivity contribution in [3.63, 3.8) is 0 Å². The van der Waals surface area contributed by atoms with Crippen LogP contribution in [0.3, 0.4) is 0 Å². The number of carbonyl (C=O) groups excluding carboxylic acids is 2. The van der Waals surface area contributed by atoms with Gasteiger partial charge in [-0.1, -0.05) is 37.3 Å². The van der Waals surface area contributed by atoms with E-state index in [0.717, 1.165) is 17.7 Å². The van der Waals surface area contributed by atoms with Crippen LogP contribution < -0.4 is 11.1 Å². The summed E-state index contributed by atoms with van der Waals surface area (Å²) >= 11 is 0. The van der Waals surface area contributed by atoms with Crippen LogP contribution in [0.1, 0.15) is 18.5 Å². The Kier molecular flexibility index (Phi) is 6.41. The molecule has 0 aliphatic rings. The smallest absolute Gasteiger partial charge is 0.243 e. The fourth-order valence-corrected chi connectivity index (χ4v) is 2.59. The van der Waals surface area contributed by atoms with Gasteiger partial charge in [0.1, 0.15) is 11.6 Å². The molecule has 138 valence electrons. The molecule has 0 radical (unpaired) electrons. The van der Waals surface area contributed by atoms with E-state index in [0.29, 0.717) is 6.07 Å². The van der Waals surface area contributed by atoms with E-state index < -0.39 is 29.5 Å². The van der Waals surface area contributed by atoms with Gasteiger partial charge < -0.3 is 16.0 Å². The Bertz CT molecular complexity index is 763. The molecule has 0 bridgehead atoms. The molecule has 0 aliphatic heterocycles. The lowest BCUT2D eigenvalue weighted by atomic mass is 9.94. The van der Waals surface area contributed by atoms with Gasteiger partial charge in [-0.3, -0.25) is 9.59 Å². The third kappa shape index (κ3) is 5.10. The SMILES string of the molecule is CC(C(=O)N(C)CC(=O)Nc1cc(F)cc(F)c1)C(N)c1ccccc1. The van der Waals surface area contributed by atoms with Crippen LogP contribution in [-0.4, -0.2) is 30.3 Å². The molecule has 0 aromatic heterocycles. The molecule has 5 nitrogen and oxygen atoms in total. The van der Waals surface area contributed by atoms with E-state index in [1.54, 1.807) is 6.92 Å². The molecule has 2 unspecified atom stereocenters. The number of nitrogens with zero attached hydrogens (tertiary/aromatic N) is 1. The first-order chi connectivity index (χ1) is 12.3. The van der Waals surface area contributed by atoms with Crippen molar-refractivity contribution in [1.82, 2.24) is 4.90 Å². The number of hydrogen-bond acceptors (Lipinski definition) is 3. The summed E-state index contributed by atoms with van der Waals surface area (Å²) in [6.45, 7) is 1.43. The predicted octanol–water partition coefficient (Wildman–Crippen LogP) is 2.70. The molecule has 2 aromatic carbocycles. The molecular weight excluding hydrogens is 340 g/mol. The molecule has 7 heteroatoms. The third-order valence-corrected chi connectivity index (χ3v) is 4.02. The minimum Gasteiger partial charge on any atom is -0.336 e. The lowest BCUT2D eigenvalue weighted by Crippen LogP contribution is -2.41. The van der Waals surface area contributed by atoms with Gasteiger partial charge in [0, 0.05) is 24.8 Å². The van der Waals surface area contributed by atoms with E-state index in [4.69, 9.17) is 5.73 Å². The highest BCUT2D eigenvalue weighted by molar-refractivity contribution is 5.94. The number of rotatable bonds is 6.